The van der Waals surface area contributed by atoms with Gasteiger partial charge in [0, 0.05) is 11.1 Å². The molecule has 2 aromatic carbocycles. The Hall–Kier alpha value is -2.50. The van der Waals surface area contributed by atoms with Gasteiger partial charge in [0.1, 0.15) is 18.6 Å². The zero-order valence-corrected chi connectivity index (χ0v) is 11.7. The Labute approximate surface area is 126 Å². The highest BCUT2D eigenvalue weighted by Crippen LogP contribution is 2.26. The van der Waals surface area contributed by atoms with E-state index in [4.69, 9.17) is 4.84 Å². The maximum absolute atomic E-state index is 12.3. The van der Waals surface area contributed by atoms with Crippen LogP contribution in [-0.2, 0) is 11.4 Å². The second-order valence-electron chi connectivity index (χ2n) is 4.50. The molecule has 0 atom stereocenters. The third-order valence-corrected chi connectivity index (χ3v) is 2.71. The second kappa shape index (κ2) is 6.98. The van der Waals surface area contributed by atoms with Crippen LogP contribution in [0.2, 0.25) is 0 Å². The summed E-state index contributed by atoms with van der Waals surface area (Å²) in [6.45, 7) is 1.81. The highest BCUT2D eigenvalue weighted by molar-refractivity contribution is 5.79. The number of halogens is 3. The molecule has 2 rings (SSSR count). The molecule has 0 N–H and O–H groups in total. The van der Waals surface area contributed by atoms with Crippen molar-refractivity contribution in [3.63, 3.8) is 0 Å². The van der Waals surface area contributed by atoms with Crippen molar-refractivity contribution < 1.29 is 22.7 Å². The molecule has 6 heteroatoms. The minimum Gasteiger partial charge on any atom is -0.405 e. The summed E-state index contributed by atoms with van der Waals surface area (Å²) in [7, 11) is 0. The van der Waals surface area contributed by atoms with Gasteiger partial charge < -0.3 is 9.57 Å². The topological polar surface area (TPSA) is 30.8 Å². The molecule has 2 aromatic rings. The first-order valence-corrected chi connectivity index (χ1v) is 6.42. The van der Waals surface area contributed by atoms with Crippen LogP contribution in [0.5, 0.6) is 5.75 Å². The van der Waals surface area contributed by atoms with Crippen molar-refractivity contribution in [2.75, 3.05) is 0 Å². The van der Waals surface area contributed by atoms with Gasteiger partial charge in [-0.05, 0) is 13.0 Å². The fourth-order valence-electron chi connectivity index (χ4n) is 1.66. The van der Waals surface area contributed by atoms with Gasteiger partial charge >= 0.3 is 6.36 Å². The van der Waals surface area contributed by atoms with E-state index in [2.05, 4.69) is 16.1 Å². The number of aryl methyl sites for hydroxylation is 1. The normalized spacial score (nSPS) is 11.6. The van der Waals surface area contributed by atoms with Gasteiger partial charge in [-0.2, -0.15) is 0 Å². The van der Waals surface area contributed by atoms with Crippen molar-refractivity contribution in [3.05, 3.63) is 65.2 Å². The summed E-state index contributed by atoms with van der Waals surface area (Å²) in [5, 5.41) is 3.62. The van der Waals surface area contributed by atoms with Gasteiger partial charge in [0.2, 0.25) is 0 Å². The van der Waals surface area contributed by atoms with Crippen molar-refractivity contribution in [1.29, 1.82) is 0 Å². The molecule has 22 heavy (non-hydrogen) atoms. The zero-order chi connectivity index (χ0) is 16.0. The molecule has 0 heterocycles. The van der Waals surface area contributed by atoms with Crippen LogP contribution >= 0.6 is 0 Å². The van der Waals surface area contributed by atoms with Crippen molar-refractivity contribution in [3.8, 4) is 5.75 Å². The average molecular weight is 308 g/mol. The lowest BCUT2D eigenvalue weighted by atomic mass is 10.2. The molecule has 0 saturated carbocycles. The fourth-order valence-corrected chi connectivity index (χ4v) is 1.66. The van der Waals surface area contributed by atoms with Gasteiger partial charge in [-0.3, -0.25) is 0 Å². The van der Waals surface area contributed by atoms with E-state index < -0.39 is 6.36 Å². The first kappa shape index (κ1) is 15.9. The standard InChI is InChI=1S/C16H13F3NO2/c1-12-6-8-13(9-7-12)10-20-21-11-14-4-2-3-5-15(14)22-16(17,18)19/h2-9H,11H2,1H3. The summed E-state index contributed by atoms with van der Waals surface area (Å²) in [5.74, 6) is -0.305. The number of benzene rings is 2. The maximum Gasteiger partial charge on any atom is 0.573 e. The molecule has 0 unspecified atom stereocenters. The van der Waals surface area contributed by atoms with Crippen LogP contribution < -0.4 is 4.74 Å². The van der Waals surface area contributed by atoms with Crippen molar-refractivity contribution in [1.82, 2.24) is 0 Å². The van der Waals surface area contributed by atoms with Crippen LogP contribution in [0.4, 0.5) is 13.2 Å². The molecule has 0 aliphatic carbocycles. The Morgan fingerprint density at radius 3 is 2.41 bits per heavy atom. The quantitative estimate of drug-likeness (QED) is 0.608. The van der Waals surface area contributed by atoms with E-state index in [-0.39, 0.29) is 17.9 Å². The molecule has 0 fully saturated rings. The van der Waals surface area contributed by atoms with E-state index in [0.29, 0.717) is 5.56 Å². The van der Waals surface area contributed by atoms with Crippen molar-refractivity contribution >= 4 is 6.21 Å². The predicted molar refractivity (Wildman–Crippen MR) is 75.6 cm³/mol. The Bertz CT molecular complexity index is 637. The molecule has 0 saturated heterocycles. The Morgan fingerprint density at radius 2 is 1.73 bits per heavy atom. The van der Waals surface area contributed by atoms with Crippen LogP contribution in [0.15, 0.2) is 53.7 Å². The summed E-state index contributed by atoms with van der Waals surface area (Å²) in [6, 6.07) is 13.1. The number of hydrogen-bond donors (Lipinski definition) is 0. The number of ether oxygens (including phenoxy) is 1. The van der Waals surface area contributed by atoms with Gasteiger partial charge in [-0.25, -0.2) is 0 Å². The lowest BCUT2D eigenvalue weighted by molar-refractivity contribution is -0.275. The first-order chi connectivity index (χ1) is 10.4. The summed E-state index contributed by atoms with van der Waals surface area (Å²) in [5.41, 5.74) is 2.06. The number of rotatable bonds is 5. The molecule has 0 aliphatic rings. The molecule has 115 valence electrons. The van der Waals surface area contributed by atoms with Crippen LogP contribution in [0.25, 0.3) is 0 Å². The third-order valence-electron chi connectivity index (χ3n) is 2.71. The molecule has 0 bridgehead atoms. The van der Waals surface area contributed by atoms with E-state index in [0.717, 1.165) is 5.56 Å². The number of para-hydroxylation sites is 1. The van der Waals surface area contributed by atoms with E-state index in [1.165, 1.54) is 18.2 Å². The number of nitrogens with zero attached hydrogens (tertiary/aromatic N) is 1. The summed E-state index contributed by atoms with van der Waals surface area (Å²) in [6.07, 6.45) is -2.09. The van der Waals surface area contributed by atoms with Crippen LogP contribution in [0, 0.1) is 6.92 Å². The lowest BCUT2D eigenvalue weighted by Crippen LogP contribution is -2.18. The SMILES string of the molecule is Cc1ccc(/[C]=N\OCc2ccccc2OC(F)(F)F)cc1. The maximum atomic E-state index is 12.3. The van der Waals surface area contributed by atoms with Gasteiger partial charge in [0.05, 0.1) is 0 Å². The van der Waals surface area contributed by atoms with Gasteiger partial charge in [-0.1, -0.05) is 53.2 Å². The van der Waals surface area contributed by atoms with Crippen molar-refractivity contribution in [2.45, 2.75) is 19.9 Å². The Balaban J connectivity index is 1.95. The summed E-state index contributed by atoms with van der Waals surface area (Å²) < 4.78 is 40.7. The second-order valence-corrected chi connectivity index (χ2v) is 4.50. The minimum atomic E-state index is -4.74. The van der Waals surface area contributed by atoms with E-state index >= 15 is 0 Å². The smallest absolute Gasteiger partial charge is 0.405 e. The third kappa shape index (κ3) is 5.12. The zero-order valence-electron chi connectivity index (χ0n) is 11.7. The van der Waals surface area contributed by atoms with E-state index in [9.17, 15) is 13.2 Å². The number of hydrogen-bond acceptors (Lipinski definition) is 3. The van der Waals surface area contributed by atoms with Gasteiger partial charge in [0.15, 0.2) is 0 Å². The van der Waals surface area contributed by atoms with Gasteiger partial charge in [-0.15, -0.1) is 13.2 Å². The van der Waals surface area contributed by atoms with Crippen LogP contribution in [0.1, 0.15) is 16.7 Å². The lowest BCUT2D eigenvalue weighted by Gasteiger charge is -2.12. The monoisotopic (exact) mass is 308 g/mol. The summed E-state index contributed by atoms with van der Waals surface area (Å²) in [4.78, 5) is 4.98. The van der Waals surface area contributed by atoms with Crippen molar-refractivity contribution in [2.24, 2.45) is 5.16 Å². The molecule has 0 aliphatic heterocycles. The molecule has 0 spiro atoms. The highest BCUT2D eigenvalue weighted by Gasteiger charge is 2.32. The molecular formula is C16H13F3NO2. The fraction of sp³-hybridized carbons (Fsp3) is 0.188. The largest absolute Gasteiger partial charge is 0.573 e. The van der Waals surface area contributed by atoms with Crippen LogP contribution in [-0.4, -0.2) is 12.6 Å². The first-order valence-electron chi connectivity index (χ1n) is 6.42. The molecule has 1 radical (unpaired) electrons. The van der Waals surface area contributed by atoms with E-state index in [1.807, 2.05) is 31.2 Å². The molecule has 0 amide bonds. The average Bonchev–Trinajstić information content (AvgIpc) is 2.45. The summed E-state index contributed by atoms with van der Waals surface area (Å²) >= 11 is 0. The minimum absolute atomic E-state index is 0.148. The Morgan fingerprint density at radius 1 is 1.05 bits per heavy atom. The van der Waals surface area contributed by atoms with Gasteiger partial charge in [0.25, 0.3) is 0 Å². The molecule has 0 aromatic heterocycles. The molecule has 3 nitrogen and oxygen atoms in total. The predicted octanol–water partition coefficient (Wildman–Crippen LogP) is 4.32. The van der Waals surface area contributed by atoms with Crippen LogP contribution in [0.3, 0.4) is 0 Å². The highest BCUT2D eigenvalue weighted by atomic mass is 19.4. The van der Waals surface area contributed by atoms with E-state index in [1.54, 1.807) is 6.07 Å². The molecular weight excluding hydrogens is 295 g/mol. The Kier molecular flexibility index (Phi) is 5.04. The number of alkyl halides is 3.